The predicted molar refractivity (Wildman–Crippen MR) is 55.9 cm³/mol. The van der Waals surface area contributed by atoms with E-state index in [9.17, 15) is 0 Å². The van der Waals surface area contributed by atoms with Crippen LogP contribution in [-0.4, -0.2) is 19.7 Å². The van der Waals surface area contributed by atoms with E-state index in [1.165, 1.54) is 0 Å². The van der Waals surface area contributed by atoms with Crippen LogP contribution in [0.4, 0.5) is 5.95 Å². The molecule has 2 aromatic heterocycles. The molecule has 0 fully saturated rings. The van der Waals surface area contributed by atoms with Crippen LogP contribution in [0.5, 0.6) is 0 Å². The van der Waals surface area contributed by atoms with Crippen molar-refractivity contribution in [2.75, 3.05) is 5.73 Å². The van der Waals surface area contributed by atoms with E-state index in [0.717, 1.165) is 11.3 Å². The maximum absolute atomic E-state index is 5.45. The number of nitrogens with two attached hydrogens (primary N) is 1. The number of anilines is 1. The van der Waals surface area contributed by atoms with Crippen LogP contribution in [0, 0.1) is 0 Å². The van der Waals surface area contributed by atoms with Gasteiger partial charge in [-0.05, 0) is 6.07 Å². The molecule has 0 spiro atoms. The zero-order valence-electron chi connectivity index (χ0n) is 7.58. The number of hydrogen-bond acceptors (Lipinski definition) is 4. The van der Waals surface area contributed by atoms with E-state index in [-0.39, 0.29) is 18.4 Å². The van der Waals surface area contributed by atoms with Gasteiger partial charge in [-0.25, -0.2) is 9.97 Å². The van der Waals surface area contributed by atoms with Crippen LogP contribution in [0.15, 0.2) is 24.7 Å². The van der Waals surface area contributed by atoms with Gasteiger partial charge in [-0.2, -0.15) is 5.10 Å². The van der Waals surface area contributed by atoms with Crippen molar-refractivity contribution >= 4 is 18.4 Å². The standard InChI is InChI=1S/C8H9N5.ClH/c1-13-5-6(4-11-13)7-2-3-10-8(9)12-7;/h2-5H,1H3,(H2,9,10,12);1H. The molecule has 0 bridgehead atoms. The van der Waals surface area contributed by atoms with Gasteiger partial charge in [0.2, 0.25) is 5.95 Å². The molecule has 0 aliphatic carbocycles. The Kier molecular flexibility index (Phi) is 3.03. The van der Waals surface area contributed by atoms with Crippen LogP contribution >= 0.6 is 12.4 Å². The highest BCUT2D eigenvalue weighted by molar-refractivity contribution is 5.85. The van der Waals surface area contributed by atoms with E-state index in [2.05, 4.69) is 15.1 Å². The summed E-state index contributed by atoms with van der Waals surface area (Å²) in [4.78, 5) is 7.88. The van der Waals surface area contributed by atoms with Gasteiger partial charge in [-0.15, -0.1) is 12.4 Å². The normalized spacial score (nSPS) is 9.50. The average Bonchev–Trinajstić information content (AvgIpc) is 2.52. The molecule has 0 amide bonds. The minimum Gasteiger partial charge on any atom is -0.368 e. The lowest BCUT2D eigenvalue weighted by atomic mass is 10.2. The molecule has 74 valence electrons. The number of halogens is 1. The highest BCUT2D eigenvalue weighted by Crippen LogP contribution is 2.14. The Labute approximate surface area is 87.4 Å². The lowest BCUT2D eigenvalue weighted by Crippen LogP contribution is -1.94. The van der Waals surface area contributed by atoms with Crippen molar-refractivity contribution in [2.45, 2.75) is 0 Å². The minimum absolute atomic E-state index is 0. The van der Waals surface area contributed by atoms with Gasteiger partial charge in [0.25, 0.3) is 0 Å². The maximum Gasteiger partial charge on any atom is 0.220 e. The van der Waals surface area contributed by atoms with Crippen LogP contribution in [0.25, 0.3) is 11.3 Å². The van der Waals surface area contributed by atoms with E-state index in [0.29, 0.717) is 0 Å². The Morgan fingerprint density at radius 3 is 2.79 bits per heavy atom. The zero-order valence-corrected chi connectivity index (χ0v) is 8.40. The second-order valence-electron chi connectivity index (χ2n) is 2.70. The Balaban J connectivity index is 0.000000980. The summed E-state index contributed by atoms with van der Waals surface area (Å²) in [7, 11) is 1.86. The van der Waals surface area contributed by atoms with Crippen LogP contribution in [-0.2, 0) is 7.05 Å². The quantitative estimate of drug-likeness (QED) is 0.760. The summed E-state index contributed by atoms with van der Waals surface area (Å²) in [5, 5.41) is 4.04. The van der Waals surface area contributed by atoms with E-state index in [1.54, 1.807) is 23.1 Å². The molecule has 0 radical (unpaired) electrons. The molecule has 0 aromatic carbocycles. The van der Waals surface area contributed by atoms with Crippen molar-refractivity contribution in [3.05, 3.63) is 24.7 Å². The van der Waals surface area contributed by atoms with Gasteiger partial charge in [0.05, 0.1) is 11.9 Å². The van der Waals surface area contributed by atoms with Crippen LogP contribution in [0.1, 0.15) is 0 Å². The molecule has 6 heteroatoms. The fourth-order valence-corrected chi connectivity index (χ4v) is 1.09. The van der Waals surface area contributed by atoms with E-state index >= 15 is 0 Å². The Morgan fingerprint density at radius 2 is 2.21 bits per heavy atom. The SMILES string of the molecule is Cl.Cn1cc(-c2ccnc(N)n2)cn1. The molecule has 0 unspecified atom stereocenters. The third-order valence-corrected chi connectivity index (χ3v) is 1.67. The zero-order chi connectivity index (χ0) is 9.26. The van der Waals surface area contributed by atoms with Crippen molar-refractivity contribution in [1.29, 1.82) is 0 Å². The number of nitrogen functional groups attached to an aromatic ring is 1. The number of aromatic nitrogens is 4. The van der Waals surface area contributed by atoms with Crippen molar-refractivity contribution in [2.24, 2.45) is 7.05 Å². The third-order valence-electron chi connectivity index (χ3n) is 1.67. The van der Waals surface area contributed by atoms with Crippen molar-refractivity contribution in [1.82, 2.24) is 19.7 Å². The summed E-state index contributed by atoms with van der Waals surface area (Å²) in [6, 6.07) is 1.80. The number of rotatable bonds is 1. The van der Waals surface area contributed by atoms with Gasteiger partial charge >= 0.3 is 0 Å². The van der Waals surface area contributed by atoms with Gasteiger partial charge in [0.1, 0.15) is 0 Å². The van der Waals surface area contributed by atoms with Gasteiger partial charge in [0.15, 0.2) is 0 Å². The first-order valence-corrected chi connectivity index (χ1v) is 3.83. The van der Waals surface area contributed by atoms with Gasteiger partial charge in [0, 0.05) is 25.0 Å². The number of nitrogens with zero attached hydrogens (tertiary/aromatic N) is 4. The predicted octanol–water partition coefficient (Wildman–Crippen LogP) is 0.881. The van der Waals surface area contributed by atoms with Crippen molar-refractivity contribution < 1.29 is 0 Å². The molecular weight excluding hydrogens is 202 g/mol. The molecule has 0 atom stereocenters. The topological polar surface area (TPSA) is 69.6 Å². The Morgan fingerprint density at radius 1 is 1.43 bits per heavy atom. The second kappa shape index (κ2) is 4.06. The van der Waals surface area contributed by atoms with Crippen LogP contribution in [0.2, 0.25) is 0 Å². The Hall–Kier alpha value is -1.62. The molecule has 14 heavy (non-hydrogen) atoms. The minimum atomic E-state index is 0. The summed E-state index contributed by atoms with van der Waals surface area (Å²) in [5.74, 6) is 0.279. The molecule has 0 saturated heterocycles. The van der Waals surface area contributed by atoms with Crippen molar-refractivity contribution in [3.8, 4) is 11.3 Å². The van der Waals surface area contributed by atoms with Crippen LogP contribution in [0.3, 0.4) is 0 Å². The number of aryl methyl sites for hydroxylation is 1. The largest absolute Gasteiger partial charge is 0.368 e. The lowest BCUT2D eigenvalue weighted by Gasteiger charge is -1.95. The highest BCUT2D eigenvalue weighted by atomic mass is 35.5. The second-order valence-corrected chi connectivity index (χ2v) is 2.70. The fraction of sp³-hybridized carbons (Fsp3) is 0.125. The van der Waals surface area contributed by atoms with Gasteiger partial charge in [-0.1, -0.05) is 0 Å². The van der Waals surface area contributed by atoms with Gasteiger partial charge in [-0.3, -0.25) is 4.68 Å². The first-order chi connectivity index (χ1) is 6.25. The van der Waals surface area contributed by atoms with Gasteiger partial charge < -0.3 is 5.73 Å². The highest BCUT2D eigenvalue weighted by Gasteiger charge is 2.01. The molecule has 0 saturated carbocycles. The van der Waals surface area contributed by atoms with E-state index in [1.807, 2.05) is 13.2 Å². The smallest absolute Gasteiger partial charge is 0.220 e. The van der Waals surface area contributed by atoms with E-state index < -0.39 is 0 Å². The van der Waals surface area contributed by atoms with Crippen molar-refractivity contribution in [3.63, 3.8) is 0 Å². The summed E-state index contributed by atoms with van der Waals surface area (Å²) in [5.41, 5.74) is 7.19. The molecule has 2 heterocycles. The molecule has 2 rings (SSSR count). The molecular formula is C8H10ClN5. The summed E-state index contributed by atoms with van der Waals surface area (Å²) >= 11 is 0. The molecule has 0 aliphatic rings. The van der Waals surface area contributed by atoms with Crippen LogP contribution < -0.4 is 5.73 Å². The fourth-order valence-electron chi connectivity index (χ4n) is 1.09. The molecule has 2 N–H and O–H groups in total. The monoisotopic (exact) mass is 211 g/mol. The number of hydrogen-bond donors (Lipinski definition) is 1. The molecule has 2 aromatic rings. The third kappa shape index (κ3) is 2.00. The summed E-state index contributed by atoms with van der Waals surface area (Å²) < 4.78 is 1.72. The summed E-state index contributed by atoms with van der Waals surface area (Å²) in [6.07, 6.45) is 5.24. The maximum atomic E-state index is 5.45. The van der Waals surface area contributed by atoms with E-state index in [4.69, 9.17) is 5.73 Å². The Bertz CT molecular complexity index is 425. The first kappa shape index (κ1) is 10.5. The first-order valence-electron chi connectivity index (χ1n) is 3.83. The summed E-state index contributed by atoms with van der Waals surface area (Å²) in [6.45, 7) is 0. The molecule has 0 aliphatic heterocycles. The molecule has 5 nitrogen and oxygen atoms in total. The lowest BCUT2D eigenvalue weighted by molar-refractivity contribution is 0.768. The average molecular weight is 212 g/mol.